The van der Waals surface area contributed by atoms with Crippen LogP contribution in [-0.4, -0.2) is 25.1 Å². The zero-order valence-corrected chi connectivity index (χ0v) is 15.9. The van der Waals surface area contributed by atoms with E-state index in [0.29, 0.717) is 10.8 Å². The Balaban J connectivity index is 1.76. The van der Waals surface area contributed by atoms with Crippen molar-refractivity contribution in [2.75, 3.05) is 13.2 Å². The Hall–Kier alpha value is -2.05. The van der Waals surface area contributed by atoms with Crippen LogP contribution in [0.1, 0.15) is 29.0 Å². The molecular formula is C18H20ClNO4S. The standard InChI is InChI=1S/C18H20ClNO4S/c1-11-7-14(19)8-12(2)18(11)24-10-17(22)23-9-16(21)20-13(3)15-5-4-6-25-15/h4-8,13H,9-10H2,1-3H3,(H,20,21)/t13-/m1/s1. The molecular weight excluding hydrogens is 362 g/mol. The summed E-state index contributed by atoms with van der Waals surface area (Å²) in [6.07, 6.45) is 0. The van der Waals surface area contributed by atoms with E-state index >= 15 is 0 Å². The molecule has 1 amide bonds. The highest BCUT2D eigenvalue weighted by Gasteiger charge is 2.14. The first-order chi connectivity index (χ1) is 11.9. The molecule has 0 radical (unpaired) electrons. The van der Waals surface area contributed by atoms with E-state index in [2.05, 4.69) is 5.32 Å². The van der Waals surface area contributed by atoms with Crippen LogP contribution < -0.4 is 10.1 Å². The third-order valence-corrected chi connectivity index (χ3v) is 4.74. The number of ether oxygens (including phenoxy) is 2. The molecule has 0 fully saturated rings. The smallest absolute Gasteiger partial charge is 0.344 e. The van der Waals surface area contributed by atoms with E-state index in [-0.39, 0.29) is 25.2 Å². The predicted octanol–water partition coefficient (Wildman–Crippen LogP) is 3.82. The molecule has 0 bridgehead atoms. The van der Waals surface area contributed by atoms with E-state index in [9.17, 15) is 9.59 Å². The van der Waals surface area contributed by atoms with Crippen molar-refractivity contribution < 1.29 is 19.1 Å². The van der Waals surface area contributed by atoms with Gasteiger partial charge >= 0.3 is 5.97 Å². The second-order valence-corrected chi connectivity index (χ2v) is 7.04. The van der Waals surface area contributed by atoms with Gasteiger partial charge in [-0.3, -0.25) is 4.79 Å². The minimum absolute atomic E-state index is 0.123. The quantitative estimate of drug-likeness (QED) is 0.740. The number of halogens is 1. The maximum atomic E-state index is 11.8. The molecule has 5 nitrogen and oxygen atoms in total. The summed E-state index contributed by atoms with van der Waals surface area (Å²) >= 11 is 7.51. The van der Waals surface area contributed by atoms with Gasteiger partial charge in [-0.2, -0.15) is 0 Å². The number of hydrogen-bond acceptors (Lipinski definition) is 5. The van der Waals surface area contributed by atoms with Gasteiger partial charge in [0.05, 0.1) is 6.04 Å². The lowest BCUT2D eigenvalue weighted by Gasteiger charge is -2.14. The normalized spacial score (nSPS) is 11.7. The molecule has 2 aromatic rings. The largest absolute Gasteiger partial charge is 0.481 e. The van der Waals surface area contributed by atoms with Crippen LogP contribution in [-0.2, 0) is 14.3 Å². The lowest BCUT2D eigenvalue weighted by molar-refractivity contribution is -0.150. The van der Waals surface area contributed by atoms with Crippen molar-refractivity contribution in [3.05, 3.63) is 50.7 Å². The Bertz CT molecular complexity index is 723. The Labute approximate surface area is 155 Å². The highest BCUT2D eigenvalue weighted by Crippen LogP contribution is 2.27. The number of rotatable bonds is 7. The molecule has 0 aliphatic rings. The van der Waals surface area contributed by atoms with E-state index in [1.807, 2.05) is 38.3 Å². The Morgan fingerprint density at radius 2 is 1.92 bits per heavy atom. The summed E-state index contributed by atoms with van der Waals surface area (Å²) in [5.74, 6) is -0.363. The van der Waals surface area contributed by atoms with Crippen LogP contribution in [0.4, 0.5) is 0 Å². The minimum Gasteiger partial charge on any atom is -0.481 e. The third kappa shape index (κ3) is 5.76. The fraction of sp³-hybridized carbons (Fsp3) is 0.333. The van der Waals surface area contributed by atoms with Crippen LogP contribution in [0.3, 0.4) is 0 Å². The Morgan fingerprint density at radius 1 is 1.24 bits per heavy atom. The van der Waals surface area contributed by atoms with E-state index < -0.39 is 5.97 Å². The highest BCUT2D eigenvalue weighted by atomic mass is 35.5. The van der Waals surface area contributed by atoms with E-state index in [0.717, 1.165) is 16.0 Å². The molecule has 25 heavy (non-hydrogen) atoms. The molecule has 134 valence electrons. The van der Waals surface area contributed by atoms with Crippen molar-refractivity contribution in [2.24, 2.45) is 0 Å². The van der Waals surface area contributed by atoms with Gasteiger partial charge in [-0.25, -0.2) is 4.79 Å². The van der Waals surface area contributed by atoms with Gasteiger partial charge in [0.15, 0.2) is 13.2 Å². The molecule has 0 saturated heterocycles. The summed E-state index contributed by atoms with van der Waals surface area (Å²) in [6, 6.07) is 7.25. The van der Waals surface area contributed by atoms with Crippen molar-refractivity contribution in [3.63, 3.8) is 0 Å². The summed E-state index contributed by atoms with van der Waals surface area (Å²) in [5, 5.41) is 5.33. The number of amides is 1. The lowest BCUT2D eigenvalue weighted by atomic mass is 10.1. The van der Waals surface area contributed by atoms with Crippen LogP contribution in [0, 0.1) is 13.8 Å². The van der Waals surface area contributed by atoms with Gasteiger partial charge in [0.2, 0.25) is 0 Å². The summed E-state index contributed by atoms with van der Waals surface area (Å²) < 4.78 is 10.4. The monoisotopic (exact) mass is 381 g/mol. The van der Waals surface area contributed by atoms with Gasteiger partial charge in [-0.15, -0.1) is 11.3 Å². The molecule has 0 aliphatic heterocycles. The molecule has 0 unspecified atom stereocenters. The first-order valence-corrected chi connectivity index (χ1v) is 9.00. The average Bonchev–Trinajstić information content (AvgIpc) is 3.06. The Kier molecular flexibility index (Phi) is 6.84. The summed E-state index contributed by atoms with van der Waals surface area (Å²) in [5.41, 5.74) is 1.67. The summed E-state index contributed by atoms with van der Waals surface area (Å²) in [6.45, 7) is 4.96. The van der Waals surface area contributed by atoms with Gasteiger partial charge in [0.1, 0.15) is 5.75 Å². The third-order valence-electron chi connectivity index (χ3n) is 3.47. The maximum absolute atomic E-state index is 11.8. The minimum atomic E-state index is -0.604. The number of hydrogen-bond donors (Lipinski definition) is 1. The average molecular weight is 382 g/mol. The summed E-state index contributed by atoms with van der Waals surface area (Å²) in [7, 11) is 0. The van der Waals surface area contributed by atoms with E-state index in [1.54, 1.807) is 23.5 Å². The highest BCUT2D eigenvalue weighted by molar-refractivity contribution is 7.10. The summed E-state index contributed by atoms with van der Waals surface area (Å²) in [4.78, 5) is 24.6. The molecule has 1 atom stereocenters. The molecule has 2 rings (SSSR count). The molecule has 7 heteroatoms. The molecule has 0 aliphatic carbocycles. The van der Waals surface area contributed by atoms with Gasteiger partial charge < -0.3 is 14.8 Å². The van der Waals surface area contributed by atoms with E-state index in [1.165, 1.54) is 0 Å². The van der Waals surface area contributed by atoms with Crippen LogP contribution in [0.5, 0.6) is 5.75 Å². The maximum Gasteiger partial charge on any atom is 0.344 e. The second kappa shape index (κ2) is 8.87. The number of nitrogens with one attached hydrogen (secondary N) is 1. The van der Waals surface area contributed by atoms with Gasteiger partial charge in [0, 0.05) is 9.90 Å². The molecule has 1 aromatic carbocycles. The van der Waals surface area contributed by atoms with Crippen molar-refractivity contribution in [3.8, 4) is 5.75 Å². The zero-order valence-electron chi connectivity index (χ0n) is 14.3. The van der Waals surface area contributed by atoms with Crippen molar-refractivity contribution in [1.82, 2.24) is 5.32 Å². The first kappa shape index (κ1) is 19.3. The van der Waals surface area contributed by atoms with Crippen molar-refractivity contribution in [1.29, 1.82) is 0 Å². The fourth-order valence-electron chi connectivity index (χ4n) is 2.34. The van der Waals surface area contributed by atoms with Gasteiger partial charge in [0.25, 0.3) is 5.91 Å². The zero-order chi connectivity index (χ0) is 18.4. The second-order valence-electron chi connectivity index (χ2n) is 5.62. The number of aryl methyl sites for hydroxylation is 2. The molecule has 0 spiro atoms. The molecule has 1 N–H and O–H groups in total. The van der Waals surface area contributed by atoms with Crippen LogP contribution in [0.2, 0.25) is 5.02 Å². The number of thiophene rings is 1. The predicted molar refractivity (Wildman–Crippen MR) is 98.3 cm³/mol. The van der Waals surface area contributed by atoms with E-state index in [4.69, 9.17) is 21.1 Å². The number of carbonyl (C=O) groups is 2. The fourth-order valence-corrected chi connectivity index (χ4v) is 3.40. The van der Waals surface area contributed by atoms with Crippen molar-refractivity contribution >= 4 is 34.8 Å². The molecule has 1 aromatic heterocycles. The van der Waals surface area contributed by atoms with Gasteiger partial charge in [-0.05, 0) is 55.5 Å². The SMILES string of the molecule is Cc1cc(Cl)cc(C)c1OCC(=O)OCC(=O)N[C@H](C)c1cccs1. The van der Waals surface area contributed by atoms with Gasteiger partial charge in [-0.1, -0.05) is 17.7 Å². The number of carbonyl (C=O) groups excluding carboxylic acids is 2. The molecule has 0 saturated carbocycles. The first-order valence-electron chi connectivity index (χ1n) is 7.74. The Morgan fingerprint density at radius 3 is 2.52 bits per heavy atom. The lowest BCUT2D eigenvalue weighted by Crippen LogP contribution is -2.31. The van der Waals surface area contributed by atoms with Crippen molar-refractivity contribution in [2.45, 2.75) is 26.8 Å². The van der Waals surface area contributed by atoms with Crippen LogP contribution in [0.25, 0.3) is 0 Å². The number of benzene rings is 1. The van der Waals surface area contributed by atoms with Crippen LogP contribution >= 0.6 is 22.9 Å². The van der Waals surface area contributed by atoms with Crippen LogP contribution in [0.15, 0.2) is 29.6 Å². The number of esters is 1. The topological polar surface area (TPSA) is 64.6 Å². The molecule has 1 heterocycles.